The van der Waals surface area contributed by atoms with Crippen molar-refractivity contribution in [2.24, 2.45) is 17.3 Å². The number of phenols is 1. The Morgan fingerprint density at radius 3 is 2.62 bits per heavy atom. The molecular weight excluding hydrogens is 592 g/mol. The van der Waals surface area contributed by atoms with E-state index in [1.165, 1.54) is 0 Å². The number of carbonyl (C=O) groups excluding carboxylic acids is 1. The standard InChI is InChI=1S/C36H46N8O3/c1-25-20-36(34(46)47-35(2,3)4)21-26(22-36)24-42(23-25)14-7-11-31-38-13-12-32(39-31)44-16-8-15-43(17-18-44)29-19-28(40-41-33(29)37)27-9-5-6-10-30(27)45/h5-6,9-10,12-13,19,25-26,45H,8,14-18,20-24H2,1-4H3,(H2,37,41). The first-order valence-electron chi connectivity index (χ1n) is 16.7. The maximum Gasteiger partial charge on any atom is 0.312 e. The highest BCUT2D eigenvalue weighted by molar-refractivity contribution is 5.78. The molecule has 47 heavy (non-hydrogen) atoms. The number of nitrogens with two attached hydrogens (primary N) is 1. The van der Waals surface area contributed by atoms with Crippen molar-refractivity contribution in [3.8, 4) is 28.8 Å². The van der Waals surface area contributed by atoms with Crippen LogP contribution >= 0.6 is 0 Å². The van der Waals surface area contributed by atoms with Gasteiger partial charge in [0.05, 0.1) is 23.3 Å². The minimum absolute atomic E-state index is 0.0210. The number of hydrogen-bond donors (Lipinski definition) is 2. The van der Waals surface area contributed by atoms with Gasteiger partial charge in [-0.15, -0.1) is 10.2 Å². The lowest BCUT2D eigenvalue weighted by Crippen LogP contribution is -2.54. The maximum absolute atomic E-state index is 13.0. The molecule has 3 aliphatic heterocycles. The van der Waals surface area contributed by atoms with Crippen molar-refractivity contribution in [3.63, 3.8) is 0 Å². The van der Waals surface area contributed by atoms with Crippen molar-refractivity contribution in [2.75, 3.05) is 61.3 Å². The second-order valence-corrected chi connectivity index (χ2v) is 14.4. The van der Waals surface area contributed by atoms with Crippen LogP contribution in [0.3, 0.4) is 0 Å². The first-order chi connectivity index (χ1) is 22.5. The number of carbonyl (C=O) groups is 1. The molecule has 0 radical (unpaired) electrons. The van der Waals surface area contributed by atoms with E-state index in [2.05, 4.69) is 48.6 Å². The van der Waals surface area contributed by atoms with Gasteiger partial charge in [0.25, 0.3) is 0 Å². The van der Waals surface area contributed by atoms with Crippen LogP contribution in [0, 0.1) is 29.1 Å². The molecule has 0 spiro atoms. The lowest BCUT2D eigenvalue weighted by molar-refractivity contribution is -0.181. The molecule has 1 saturated carbocycles. The molecule has 1 unspecified atom stereocenters. The number of fused-ring (bicyclic) bond motifs is 4. The molecule has 4 fully saturated rings. The monoisotopic (exact) mass is 638 g/mol. The molecule has 4 aliphatic rings. The highest BCUT2D eigenvalue weighted by Gasteiger charge is 2.53. The van der Waals surface area contributed by atoms with Crippen LogP contribution in [0.5, 0.6) is 5.75 Å². The van der Waals surface area contributed by atoms with Crippen LogP contribution in [0.15, 0.2) is 42.6 Å². The molecule has 1 atom stereocenters. The molecule has 7 rings (SSSR count). The molecule has 2 bridgehead atoms. The molecule has 1 aliphatic carbocycles. The third-order valence-electron chi connectivity index (χ3n) is 9.30. The summed E-state index contributed by atoms with van der Waals surface area (Å²) in [5.41, 5.74) is 7.52. The zero-order chi connectivity index (χ0) is 33.2. The number of phenolic OH excluding ortho intramolecular Hbond substituents is 1. The van der Waals surface area contributed by atoms with Crippen molar-refractivity contribution in [3.05, 3.63) is 48.4 Å². The highest BCUT2D eigenvalue weighted by Crippen LogP contribution is 2.52. The Hall–Kier alpha value is -4.43. The predicted octanol–water partition coefficient (Wildman–Crippen LogP) is 4.37. The van der Waals surface area contributed by atoms with Gasteiger partial charge >= 0.3 is 5.97 Å². The van der Waals surface area contributed by atoms with Gasteiger partial charge in [-0.2, -0.15) is 0 Å². The number of rotatable bonds is 5. The number of benzene rings is 1. The lowest BCUT2D eigenvalue weighted by Gasteiger charge is -2.51. The molecule has 11 heteroatoms. The van der Waals surface area contributed by atoms with E-state index in [-0.39, 0.29) is 17.1 Å². The molecule has 3 saturated heterocycles. The van der Waals surface area contributed by atoms with E-state index in [0.29, 0.717) is 41.3 Å². The summed E-state index contributed by atoms with van der Waals surface area (Å²) >= 11 is 0. The summed E-state index contributed by atoms with van der Waals surface area (Å²) in [7, 11) is 0. The number of hydrogen-bond acceptors (Lipinski definition) is 11. The Morgan fingerprint density at radius 1 is 1.06 bits per heavy atom. The molecule has 1 aromatic carbocycles. The van der Waals surface area contributed by atoms with Crippen molar-refractivity contribution in [1.29, 1.82) is 0 Å². The van der Waals surface area contributed by atoms with E-state index in [1.54, 1.807) is 18.3 Å². The Morgan fingerprint density at radius 2 is 1.83 bits per heavy atom. The minimum atomic E-state index is -0.455. The molecule has 248 valence electrons. The molecular formula is C36H46N8O3. The number of ether oxygens (including phenoxy) is 1. The molecule has 3 N–H and O–H groups in total. The van der Waals surface area contributed by atoms with Crippen LogP contribution in [0.1, 0.15) is 59.2 Å². The topological polar surface area (TPSA) is 134 Å². The Bertz CT molecular complexity index is 1650. The van der Waals surface area contributed by atoms with E-state index in [1.807, 2.05) is 45.0 Å². The number of para-hydroxylation sites is 1. The SMILES string of the molecule is CC1CN(CC#Cc2nccc(N3CCCN(c4cc(-c5ccccc5O)nnc4N)CC3)n2)CC2CC(C(=O)OC(C)(C)C)(C1)C2. The summed E-state index contributed by atoms with van der Waals surface area (Å²) in [4.78, 5) is 29.2. The van der Waals surface area contributed by atoms with E-state index in [9.17, 15) is 9.90 Å². The summed E-state index contributed by atoms with van der Waals surface area (Å²) < 4.78 is 5.81. The summed E-state index contributed by atoms with van der Waals surface area (Å²) in [6.07, 6.45) is 5.35. The van der Waals surface area contributed by atoms with Crippen LogP contribution in [0.2, 0.25) is 0 Å². The van der Waals surface area contributed by atoms with E-state index < -0.39 is 5.60 Å². The fraction of sp³-hybridized carbons (Fsp3) is 0.528. The molecule has 11 nitrogen and oxygen atoms in total. The third-order valence-corrected chi connectivity index (χ3v) is 9.30. The average Bonchev–Trinajstić information content (AvgIpc) is 3.25. The predicted molar refractivity (Wildman–Crippen MR) is 183 cm³/mol. The summed E-state index contributed by atoms with van der Waals surface area (Å²) in [5.74, 6) is 9.29. The van der Waals surface area contributed by atoms with Gasteiger partial charge in [-0.25, -0.2) is 9.97 Å². The van der Waals surface area contributed by atoms with Gasteiger partial charge in [0.2, 0.25) is 5.82 Å². The summed E-state index contributed by atoms with van der Waals surface area (Å²) in [6, 6.07) is 10.9. The first-order valence-corrected chi connectivity index (χ1v) is 16.7. The lowest BCUT2D eigenvalue weighted by atomic mass is 9.57. The van der Waals surface area contributed by atoms with Crippen LogP contribution in [0.25, 0.3) is 11.3 Å². The number of nitrogens with zero attached hydrogens (tertiary/aromatic N) is 7. The van der Waals surface area contributed by atoms with Gasteiger partial charge in [-0.1, -0.05) is 25.0 Å². The maximum atomic E-state index is 13.0. The van der Waals surface area contributed by atoms with Crippen LogP contribution in [0.4, 0.5) is 17.3 Å². The van der Waals surface area contributed by atoms with E-state index in [4.69, 9.17) is 15.5 Å². The smallest absolute Gasteiger partial charge is 0.312 e. The first kappa shape index (κ1) is 32.5. The second kappa shape index (κ2) is 13.4. The van der Waals surface area contributed by atoms with Crippen LogP contribution in [-0.4, -0.2) is 87.6 Å². The van der Waals surface area contributed by atoms with E-state index in [0.717, 1.165) is 76.5 Å². The average molecular weight is 639 g/mol. The zero-order valence-electron chi connectivity index (χ0n) is 27.9. The minimum Gasteiger partial charge on any atom is -0.507 e. The van der Waals surface area contributed by atoms with Gasteiger partial charge in [0.1, 0.15) is 17.2 Å². The Balaban J connectivity index is 1.06. The van der Waals surface area contributed by atoms with Gasteiger partial charge < -0.3 is 25.4 Å². The number of aromatic hydroxyl groups is 1. The summed E-state index contributed by atoms with van der Waals surface area (Å²) in [5, 5.41) is 18.8. The Kier molecular flexibility index (Phi) is 9.24. The summed E-state index contributed by atoms with van der Waals surface area (Å²) in [6.45, 7) is 13.7. The number of anilines is 3. The largest absolute Gasteiger partial charge is 0.507 e. The normalized spacial score (nSPS) is 23.4. The molecule has 5 heterocycles. The molecule has 0 amide bonds. The molecule has 3 aromatic rings. The fourth-order valence-corrected chi connectivity index (χ4v) is 7.39. The van der Waals surface area contributed by atoms with Crippen molar-refractivity contribution < 1.29 is 14.6 Å². The number of esters is 1. The van der Waals surface area contributed by atoms with Gasteiger partial charge in [0, 0.05) is 51.0 Å². The van der Waals surface area contributed by atoms with Gasteiger partial charge in [-0.3, -0.25) is 9.69 Å². The number of nitrogen functional groups attached to an aromatic ring is 1. The van der Waals surface area contributed by atoms with E-state index >= 15 is 0 Å². The Labute approximate surface area is 277 Å². The zero-order valence-corrected chi connectivity index (χ0v) is 27.9. The number of aromatic nitrogens is 4. The van der Waals surface area contributed by atoms with Crippen LogP contribution < -0.4 is 15.5 Å². The van der Waals surface area contributed by atoms with Gasteiger partial charge in [-0.05, 0) is 88.5 Å². The highest BCUT2D eigenvalue weighted by atomic mass is 16.6. The van der Waals surface area contributed by atoms with Crippen molar-refractivity contribution in [2.45, 2.75) is 59.0 Å². The van der Waals surface area contributed by atoms with Crippen LogP contribution in [-0.2, 0) is 9.53 Å². The molecule has 2 aromatic heterocycles. The fourth-order valence-electron chi connectivity index (χ4n) is 7.39. The van der Waals surface area contributed by atoms with Crippen molar-refractivity contribution >= 4 is 23.3 Å². The third kappa shape index (κ3) is 7.60. The quantitative estimate of drug-likeness (QED) is 0.305. The second-order valence-electron chi connectivity index (χ2n) is 14.4. The van der Waals surface area contributed by atoms with Crippen molar-refractivity contribution in [1.82, 2.24) is 25.1 Å². The van der Waals surface area contributed by atoms with Gasteiger partial charge in [0.15, 0.2) is 5.82 Å².